The maximum atomic E-state index is 4.67. The lowest BCUT2D eigenvalue weighted by Gasteiger charge is -2.04. The van der Waals surface area contributed by atoms with Crippen LogP contribution < -0.4 is 5.32 Å². The Kier molecular flexibility index (Phi) is 4.00. The van der Waals surface area contributed by atoms with Gasteiger partial charge in [-0.15, -0.1) is 11.3 Å². The van der Waals surface area contributed by atoms with Crippen molar-refractivity contribution in [2.75, 3.05) is 6.54 Å². The van der Waals surface area contributed by atoms with Gasteiger partial charge in [-0.05, 0) is 31.3 Å². The Morgan fingerprint density at radius 1 is 1.40 bits per heavy atom. The molecule has 0 aliphatic rings. The Morgan fingerprint density at radius 3 is 3.10 bits per heavy atom. The highest BCUT2D eigenvalue weighted by atomic mass is 32.2. The summed E-state index contributed by atoms with van der Waals surface area (Å²) in [5.41, 5.74) is 2.13. The zero-order valence-electron chi connectivity index (χ0n) is 11.3. The monoisotopic (exact) mass is 305 g/mol. The third-order valence-electron chi connectivity index (χ3n) is 2.83. The van der Waals surface area contributed by atoms with Gasteiger partial charge in [0, 0.05) is 30.0 Å². The quantitative estimate of drug-likeness (QED) is 0.735. The fourth-order valence-corrected chi connectivity index (χ4v) is 3.55. The number of nitrogens with one attached hydrogen (secondary N) is 1. The lowest BCUT2D eigenvalue weighted by Crippen LogP contribution is -2.13. The summed E-state index contributed by atoms with van der Waals surface area (Å²) in [6.45, 7) is 5.80. The molecule has 20 heavy (non-hydrogen) atoms. The van der Waals surface area contributed by atoms with E-state index in [2.05, 4.69) is 43.2 Å². The molecule has 0 unspecified atom stereocenters. The second-order valence-corrected chi connectivity index (χ2v) is 6.11. The molecule has 0 atom stereocenters. The minimum atomic E-state index is 0.744. The summed E-state index contributed by atoms with van der Waals surface area (Å²) in [7, 11) is 0. The van der Waals surface area contributed by atoms with E-state index in [1.807, 2.05) is 13.0 Å². The minimum absolute atomic E-state index is 0.744. The van der Waals surface area contributed by atoms with Gasteiger partial charge in [0.25, 0.3) is 0 Å². The molecular weight excluding hydrogens is 290 g/mol. The normalized spacial score (nSPS) is 11.3. The number of imidazole rings is 1. The molecule has 3 heterocycles. The second kappa shape index (κ2) is 5.90. The number of aromatic nitrogens is 4. The van der Waals surface area contributed by atoms with E-state index in [0.717, 1.165) is 33.9 Å². The van der Waals surface area contributed by atoms with Gasteiger partial charge in [0.05, 0.1) is 5.69 Å². The summed E-state index contributed by atoms with van der Waals surface area (Å²) in [5.74, 6) is 0. The van der Waals surface area contributed by atoms with E-state index in [9.17, 15) is 0 Å². The van der Waals surface area contributed by atoms with Crippen LogP contribution in [0.2, 0.25) is 0 Å². The number of hydrogen-bond donors (Lipinski definition) is 1. The molecule has 0 aliphatic carbocycles. The van der Waals surface area contributed by atoms with Crippen LogP contribution in [0.15, 0.2) is 34.0 Å². The van der Waals surface area contributed by atoms with Crippen molar-refractivity contribution in [3.63, 3.8) is 0 Å². The molecule has 104 valence electrons. The van der Waals surface area contributed by atoms with Crippen LogP contribution in [0.1, 0.15) is 18.3 Å². The van der Waals surface area contributed by atoms with Crippen LogP contribution in [0.3, 0.4) is 0 Å². The van der Waals surface area contributed by atoms with Crippen molar-refractivity contribution in [1.82, 2.24) is 24.7 Å². The predicted molar refractivity (Wildman–Crippen MR) is 81.3 cm³/mol. The first-order valence-corrected chi connectivity index (χ1v) is 8.10. The molecule has 0 saturated carbocycles. The van der Waals surface area contributed by atoms with Crippen LogP contribution in [-0.2, 0) is 6.54 Å². The van der Waals surface area contributed by atoms with E-state index in [-0.39, 0.29) is 0 Å². The van der Waals surface area contributed by atoms with Crippen molar-refractivity contribution >= 4 is 28.1 Å². The van der Waals surface area contributed by atoms with Crippen LogP contribution >= 0.6 is 23.1 Å². The van der Waals surface area contributed by atoms with Gasteiger partial charge in [0.2, 0.25) is 0 Å². The summed E-state index contributed by atoms with van der Waals surface area (Å²) < 4.78 is 2.13. The second-order valence-electron chi connectivity index (χ2n) is 4.28. The Labute approximate surface area is 125 Å². The molecule has 3 rings (SSSR count). The summed E-state index contributed by atoms with van der Waals surface area (Å²) in [6.07, 6.45) is 3.84. The zero-order valence-corrected chi connectivity index (χ0v) is 13.0. The standard InChI is InChI=1S/C13H15N5S2/c1-3-14-8-10-11(17-13-18(10)6-7-19-13)20-12-15-5-4-9(2)16-12/h4-7,14H,3,8H2,1-2H3. The number of nitrogens with zero attached hydrogens (tertiary/aromatic N) is 4. The topological polar surface area (TPSA) is 55.1 Å². The number of hydrogen-bond acceptors (Lipinski definition) is 6. The van der Waals surface area contributed by atoms with Gasteiger partial charge in [0.1, 0.15) is 5.03 Å². The Morgan fingerprint density at radius 2 is 2.30 bits per heavy atom. The molecule has 0 saturated heterocycles. The van der Waals surface area contributed by atoms with Crippen molar-refractivity contribution in [3.8, 4) is 0 Å². The molecule has 0 aromatic carbocycles. The van der Waals surface area contributed by atoms with E-state index in [1.54, 1.807) is 17.5 Å². The van der Waals surface area contributed by atoms with Crippen LogP contribution in [0, 0.1) is 6.92 Å². The van der Waals surface area contributed by atoms with E-state index in [0.29, 0.717) is 0 Å². The number of aryl methyl sites for hydroxylation is 1. The van der Waals surface area contributed by atoms with Crippen molar-refractivity contribution < 1.29 is 0 Å². The highest BCUT2D eigenvalue weighted by Crippen LogP contribution is 2.29. The third kappa shape index (κ3) is 2.70. The molecule has 0 spiro atoms. The van der Waals surface area contributed by atoms with E-state index < -0.39 is 0 Å². The highest BCUT2D eigenvalue weighted by Gasteiger charge is 2.15. The first-order chi connectivity index (χ1) is 9.78. The number of rotatable bonds is 5. The van der Waals surface area contributed by atoms with E-state index in [4.69, 9.17) is 0 Å². The first-order valence-electron chi connectivity index (χ1n) is 6.40. The lowest BCUT2D eigenvalue weighted by molar-refractivity contribution is 0.694. The highest BCUT2D eigenvalue weighted by molar-refractivity contribution is 7.99. The molecule has 5 nitrogen and oxygen atoms in total. The van der Waals surface area contributed by atoms with Crippen LogP contribution in [0.5, 0.6) is 0 Å². The van der Waals surface area contributed by atoms with E-state index in [1.165, 1.54) is 17.5 Å². The fourth-order valence-electron chi connectivity index (χ4n) is 1.86. The summed E-state index contributed by atoms with van der Waals surface area (Å²) >= 11 is 3.16. The number of thiazole rings is 1. The summed E-state index contributed by atoms with van der Waals surface area (Å²) in [4.78, 5) is 14.4. The lowest BCUT2D eigenvalue weighted by atomic mass is 10.4. The van der Waals surface area contributed by atoms with Crippen LogP contribution in [0.25, 0.3) is 4.96 Å². The van der Waals surface area contributed by atoms with Gasteiger partial charge in [-0.1, -0.05) is 6.92 Å². The first kappa shape index (κ1) is 13.5. The van der Waals surface area contributed by atoms with Gasteiger partial charge in [-0.2, -0.15) is 0 Å². The zero-order chi connectivity index (χ0) is 13.9. The van der Waals surface area contributed by atoms with Gasteiger partial charge in [-0.25, -0.2) is 15.0 Å². The molecule has 3 aromatic rings. The Bertz CT molecular complexity index is 718. The largest absolute Gasteiger partial charge is 0.311 e. The van der Waals surface area contributed by atoms with E-state index >= 15 is 0 Å². The fraction of sp³-hybridized carbons (Fsp3) is 0.308. The van der Waals surface area contributed by atoms with Crippen molar-refractivity contribution in [3.05, 3.63) is 35.2 Å². The molecular formula is C13H15N5S2. The smallest absolute Gasteiger partial charge is 0.194 e. The van der Waals surface area contributed by atoms with Gasteiger partial charge >= 0.3 is 0 Å². The molecule has 0 amide bonds. The molecule has 0 fully saturated rings. The van der Waals surface area contributed by atoms with Crippen molar-refractivity contribution in [2.24, 2.45) is 0 Å². The molecule has 3 aromatic heterocycles. The molecule has 0 bridgehead atoms. The average Bonchev–Trinajstić information content (AvgIpc) is 2.98. The van der Waals surface area contributed by atoms with Crippen LogP contribution in [0.4, 0.5) is 0 Å². The molecule has 0 radical (unpaired) electrons. The molecule has 1 N–H and O–H groups in total. The van der Waals surface area contributed by atoms with Gasteiger partial charge in [0.15, 0.2) is 10.1 Å². The van der Waals surface area contributed by atoms with Crippen molar-refractivity contribution in [2.45, 2.75) is 30.6 Å². The SMILES string of the molecule is CCNCc1c(Sc2nccc(C)n2)nc2sccn12. The van der Waals surface area contributed by atoms with Gasteiger partial charge < -0.3 is 5.32 Å². The Hall–Kier alpha value is -1.44. The molecule has 0 aliphatic heterocycles. The number of fused-ring (bicyclic) bond motifs is 1. The summed E-state index contributed by atoms with van der Waals surface area (Å²) in [6, 6.07) is 1.90. The average molecular weight is 305 g/mol. The minimum Gasteiger partial charge on any atom is -0.311 e. The maximum absolute atomic E-state index is 4.67. The van der Waals surface area contributed by atoms with Crippen LogP contribution in [-0.4, -0.2) is 25.9 Å². The maximum Gasteiger partial charge on any atom is 0.194 e. The Balaban J connectivity index is 1.95. The van der Waals surface area contributed by atoms with Crippen molar-refractivity contribution in [1.29, 1.82) is 0 Å². The predicted octanol–water partition coefficient (Wildman–Crippen LogP) is 2.75. The molecule has 7 heteroatoms. The summed E-state index contributed by atoms with van der Waals surface area (Å²) in [5, 5.41) is 7.13. The third-order valence-corrected chi connectivity index (χ3v) is 4.48. The van der Waals surface area contributed by atoms with Gasteiger partial charge in [-0.3, -0.25) is 4.40 Å².